The maximum absolute atomic E-state index is 13.5. The smallest absolute Gasteiger partial charge is 0.379 e. The maximum Gasteiger partial charge on any atom is 0.417 e. The predicted molar refractivity (Wildman–Crippen MR) is 152 cm³/mol. The van der Waals surface area contributed by atoms with Gasteiger partial charge in [-0.3, -0.25) is 9.91 Å². The molecule has 2 aromatic rings. The fourth-order valence-corrected chi connectivity index (χ4v) is 6.68. The van der Waals surface area contributed by atoms with Crippen LogP contribution >= 0.6 is 11.6 Å². The second-order valence-electron chi connectivity index (χ2n) is 10.5. The highest BCUT2D eigenvalue weighted by Gasteiger charge is 2.43. The van der Waals surface area contributed by atoms with E-state index in [1.165, 1.54) is 28.8 Å². The molecule has 12 heteroatoms. The summed E-state index contributed by atoms with van der Waals surface area (Å²) >= 11 is 6.41. The highest BCUT2D eigenvalue weighted by Crippen LogP contribution is 2.35. The molecule has 2 unspecified atom stereocenters. The molecule has 2 atom stereocenters. The summed E-state index contributed by atoms with van der Waals surface area (Å²) in [5.74, 6) is 5.30. The van der Waals surface area contributed by atoms with Crippen molar-refractivity contribution in [3.05, 3.63) is 69.7 Å². The lowest BCUT2D eigenvalue weighted by Gasteiger charge is -2.37. The summed E-state index contributed by atoms with van der Waals surface area (Å²) in [6.07, 6.45) is -1.75. The number of sulfonamides is 1. The number of hydrazone groups is 1. The van der Waals surface area contributed by atoms with Crippen LogP contribution in [0.4, 0.5) is 13.2 Å². The summed E-state index contributed by atoms with van der Waals surface area (Å²) in [6.45, 7) is 5.69. The van der Waals surface area contributed by atoms with Crippen LogP contribution in [0.5, 0.6) is 0 Å². The lowest BCUT2D eigenvalue weighted by Crippen LogP contribution is -2.50. The average Bonchev–Trinajstić information content (AvgIpc) is 3.30. The number of ether oxygens (including phenoxy) is 1. The number of benzene rings is 2. The van der Waals surface area contributed by atoms with Gasteiger partial charge >= 0.3 is 6.18 Å². The fourth-order valence-electron chi connectivity index (χ4n) is 5.65. The molecule has 220 valence electrons. The highest BCUT2D eigenvalue weighted by atomic mass is 35.5. The van der Waals surface area contributed by atoms with E-state index in [9.17, 15) is 21.6 Å². The van der Waals surface area contributed by atoms with Crippen LogP contribution in [0.3, 0.4) is 0 Å². The number of piperidine rings is 1. The van der Waals surface area contributed by atoms with Crippen molar-refractivity contribution in [2.24, 2.45) is 11.0 Å². The first kappa shape index (κ1) is 29.9. The van der Waals surface area contributed by atoms with Crippen molar-refractivity contribution in [1.82, 2.24) is 14.2 Å². The molecule has 0 N–H and O–H groups in total. The Bertz CT molecular complexity index is 1470. The zero-order valence-corrected chi connectivity index (χ0v) is 24.3. The Morgan fingerprint density at radius 3 is 2.51 bits per heavy atom. The summed E-state index contributed by atoms with van der Waals surface area (Å²) in [5, 5.41) is 7.38. The summed E-state index contributed by atoms with van der Waals surface area (Å²) in [5.41, 5.74) is 0.900. The van der Waals surface area contributed by atoms with Crippen molar-refractivity contribution in [3.8, 4) is 11.8 Å². The number of fused-ring (bicyclic) bond motifs is 1. The third-order valence-electron chi connectivity index (χ3n) is 7.77. The minimum atomic E-state index is -4.53. The molecule has 3 aliphatic rings. The first-order valence-electron chi connectivity index (χ1n) is 13.6. The van der Waals surface area contributed by atoms with Crippen LogP contribution in [0.1, 0.15) is 35.1 Å². The molecule has 2 fully saturated rings. The Kier molecular flexibility index (Phi) is 8.97. The molecule has 5 rings (SSSR count). The monoisotopic (exact) mass is 608 g/mol. The Morgan fingerprint density at radius 1 is 1.05 bits per heavy atom. The van der Waals surface area contributed by atoms with Crippen molar-refractivity contribution in [1.29, 1.82) is 0 Å². The third-order valence-corrected chi connectivity index (χ3v) is 9.37. The summed E-state index contributed by atoms with van der Waals surface area (Å²) in [6, 6.07) is 10.4. The van der Waals surface area contributed by atoms with Crippen molar-refractivity contribution in [2.75, 3.05) is 58.7 Å². The molecular formula is C29H32ClF3N4O3S. The number of alkyl halides is 3. The largest absolute Gasteiger partial charge is 0.417 e. The first-order valence-corrected chi connectivity index (χ1v) is 15.8. The average molecular weight is 609 g/mol. The Morgan fingerprint density at radius 2 is 1.78 bits per heavy atom. The first-order chi connectivity index (χ1) is 19.5. The summed E-state index contributed by atoms with van der Waals surface area (Å²) in [7, 11) is -3.38. The SMILES string of the molecule is CS(=O)(=O)N1CCC2C(C1)C(c1ccc(Cl)c(C#Cc3ccccc3C(F)(F)F)c1)=NN2CCCN1CCOCC1. The van der Waals surface area contributed by atoms with Crippen LogP contribution in [0.2, 0.25) is 5.02 Å². The zero-order valence-electron chi connectivity index (χ0n) is 22.7. The van der Waals surface area contributed by atoms with Gasteiger partial charge in [0.2, 0.25) is 10.0 Å². The maximum atomic E-state index is 13.5. The molecule has 0 amide bonds. The van der Waals surface area contributed by atoms with Crippen molar-refractivity contribution in [3.63, 3.8) is 0 Å². The molecule has 0 bridgehead atoms. The van der Waals surface area contributed by atoms with Gasteiger partial charge in [-0.25, -0.2) is 12.7 Å². The number of halogens is 4. The van der Waals surface area contributed by atoms with Crippen LogP contribution in [0.25, 0.3) is 0 Å². The molecule has 0 aliphatic carbocycles. The molecule has 3 heterocycles. The van der Waals surface area contributed by atoms with E-state index in [0.29, 0.717) is 30.1 Å². The van der Waals surface area contributed by atoms with Crippen LogP contribution in [-0.2, 0) is 20.9 Å². The van der Waals surface area contributed by atoms with Gasteiger partial charge in [-0.15, -0.1) is 0 Å². The van der Waals surface area contributed by atoms with E-state index in [-0.39, 0.29) is 17.5 Å². The molecule has 0 spiro atoms. The molecule has 2 aromatic carbocycles. The van der Waals surface area contributed by atoms with Gasteiger partial charge in [-0.2, -0.15) is 18.3 Å². The van der Waals surface area contributed by atoms with Gasteiger partial charge in [0.1, 0.15) is 0 Å². The van der Waals surface area contributed by atoms with E-state index in [1.54, 1.807) is 12.1 Å². The Labute approximate surface area is 243 Å². The molecule has 41 heavy (non-hydrogen) atoms. The van der Waals surface area contributed by atoms with Crippen LogP contribution < -0.4 is 0 Å². The van der Waals surface area contributed by atoms with Gasteiger partial charge in [0.05, 0.1) is 41.8 Å². The van der Waals surface area contributed by atoms with Gasteiger partial charge < -0.3 is 4.74 Å². The van der Waals surface area contributed by atoms with E-state index in [0.717, 1.165) is 63.2 Å². The number of morpholine rings is 1. The quantitative estimate of drug-likeness (QED) is 0.461. The lowest BCUT2D eigenvalue weighted by molar-refractivity contribution is -0.137. The van der Waals surface area contributed by atoms with E-state index in [4.69, 9.17) is 21.4 Å². The summed E-state index contributed by atoms with van der Waals surface area (Å²) < 4.78 is 72.1. The van der Waals surface area contributed by atoms with E-state index >= 15 is 0 Å². The van der Waals surface area contributed by atoms with E-state index in [2.05, 4.69) is 21.7 Å². The zero-order chi connectivity index (χ0) is 29.2. The molecule has 0 aromatic heterocycles. The minimum Gasteiger partial charge on any atom is -0.379 e. The molecular weight excluding hydrogens is 577 g/mol. The van der Waals surface area contributed by atoms with Crippen molar-refractivity contribution in [2.45, 2.75) is 25.1 Å². The number of rotatable bonds is 6. The number of hydrogen-bond donors (Lipinski definition) is 0. The predicted octanol–water partition coefficient (Wildman–Crippen LogP) is 4.15. The van der Waals surface area contributed by atoms with Gasteiger partial charge in [0, 0.05) is 56.3 Å². The van der Waals surface area contributed by atoms with Crippen molar-refractivity contribution >= 4 is 27.3 Å². The summed E-state index contributed by atoms with van der Waals surface area (Å²) in [4.78, 5) is 2.37. The lowest BCUT2D eigenvalue weighted by atomic mass is 9.86. The normalized spacial score (nSPS) is 22.2. The van der Waals surface area contributed by atoms with Crippen LogP contribution in [-0.4, -0.2) is 93.1 Å². The topological polar surface area (TPSA) is 65.5 Å². The Balaban J connectivity index is 1.42. The molecule has 2 saturated heterocycles. The standard InChI is InChI=1S/C29H32ClF3N4O3S/c1-41(38,39)36-14-11-27-24(20-36)28(34-37(27)13-4-12-35-15-17-40-18-16-35)23-9-10-26(30)22(19-23)8-7-21-5-2-3-6-25(21)29(31,32)33/h2-3,5-6,9-10,19,24,27H,4,11-18,20H2,1H3. The second kappa shape index (κ2) is 12.3. The molecule has 3 aliphatic heterocycles. The second-order valence-corrected chi connectivity index (χ2v) is 12.9. The molecule has 0 saturated carbocycles. The number of nitrogens with zero attached hydrogens (tertiary/aromatic N) is 4. The van der Waals surface area contributed by atoms with E-state index in [1.807, 2.05) is 6.07 Å². The number of hydrogen-bond acceptors (Lipinski definition) is 6. The molecule has 0 radical (unpaired) electrons. The molecule has 7 nitrogen and oxygen atoms in total. The van der Waals surface area contributed by atoms with Gasteiger partial charge in [-0.05, 0) is 42.7 Å². The Hall–Kier alpha value is -2.62. The minimum absolute atomic E-state index is 0.0524. The van der Waals surface area contributed by atoms with Gasteiger partial charge in [0.25, 0.3) is 0 Å². The van der Waals surface area contributed by atoms with Gasteiger partial charge in [0.15, 0.2) is 0 Å². The van der Waals surface area contributed by atoms with Gasteiger partial charge in [-0.1, -0.05) is 41.6 Å². The van der Waals surface area contributed by atoms with Crippen molar-refractivity contribution < 1.29 is 26.3 Å². The van der Waals surface area contributed by atoms with Crippen LogP contribution in [0, 0.1) is 17.8 Å². The van der Waals surface area contributed by atoms with Crippen LogP contribution in [0.15, 0.2) is 47.6 Å². The third kappa shape index (κ3) is 7.07. The fraction of sp³-hybridized carbons (Fsp3) is 0.483. The highest BCUT2D eigenvalue weighted by molar-refractivity contribution is 7.88. The van der Waals surface area contributed by atoms with E-state index < -0.39 is 21.8 Å².